The average Bonchev–Trinajstić information content (AvgIpc) is 2.74. The monoisotopic (exact) mass is 424 g/mol. The van der Waals surface area contributed by atoms with E-state index in [1.807, 2.05) is 6.92 Å². The summed E-state index contributed by atoms with van der Waals surface area (Å²) in [5.74, 6) is -2.46. The van der Waals surface area contributed by atoms with E-state index in [0.29, 0.717) is 37.9 Å². The van der Waals surface area contributed by atoms with Crippen LogP contribution in [0.2, 0.25) is 0 Å². The van der Waals surface area contributed by atoms with Gasteiger partial charge in [0.2, 0.25) is 11.8 Å². The number of hydrogen-bond donors (Lipinski definition) is 3. The van der Waals surface area contributed by atoms with Gasteiger partial charge in [-0.15, -0.1) is 0 Å². The van der Waals surface area contributed by atoms with Gasteiger partial charge >= 0.3 is 6.03 Å². The van der Waals surface area contributed by atoms with Crippen molar-refractivity contribution in [2.24, 2.45) is 5.92 Å². The topological polar surface area (TPSA) is 90.5 Å². The summed E-state index contributed by atoms with van der Waals surface area (Å²) < 4.78 is 26.6. The van der Waals surface area contributed by atoms with E-state index < -0.39 is 17.6 Å². The second kappa shape index (κ2) is 11.5. The van der Waals surface area contributed by atoms with Crippen LogP contribution in [0, 0.1) is 17.6 Å². The van der Waals surface area contributed by atoms with Crippen LogP contribution in [0.1, 0.15) is 44.6 Å². The Morgan fingerprint density at radius 3 is 2.50 bits per heavy atom. The van der Waals surface area contributed by atoms with Crippen LogP contribution >= 0.6 is 0 Å². The molecule has 0 aliphatic carbocycles. The van der Waals surface area contributed by atoms with Gasteiger partial charge in [-0.1, -0.05) is 13.3 Å². The lowest BCUT2D eigenvalue weighted by molar-refractivity contribution is -0.135. The third-order valence-corrected chi connectivity index (χ3v) is 5.08. The molecule has 30 heavy (non-hydrogen) atoms. The lowest BCUT2D eigenvalue weighted by Crippen LogP contribution is -2.48. The van der Waals surface area contributed by atoms with Crippen molar-refractivity contribution in [3.8, 4) is 0 Å². The highest BCUT2D eigenvalue weighted by Gasteiger charge is 2.27. The van der Waals surface area contributed by atoms with Crippen molar-refractivity contribution in [1.82, 2.24) is 20.9 Å². The minimum atomic E-state index is -0.708. The molecule has 166 valence electrons. The number of likely N-dealkylation sites (N-methyl/N-ethyl adjacent to an activating group) is 1. The second-order valence-electron chi connectivity index (χ2n) is 7.70. The van der Waals surface area contributed by atoms with E-state index in [4.69, 9.17) is 0 Å². The average molecular weight is 424 g/mol. The summed E-state index contributed by atoms with van der Waals surface area (Å²) >= 11 is 0. The molecule has 1 aromatic rings. The van der Waals surface area contributed by atoms with Crippen molar-refractivity contribution in [1.29, 1.82) is 0 Å². The number of carbonyl (C=O) groups is 3. The van der Waals surface area contributed by atoms with E-state index in [-0.39, 0.29) is 36.9 Å². The van der Waals surface area contributed by atoms with Crippen LogP contribution in [0.25, 0.3) is 0 Å². The van der Waals surface area contributed by atoms with Crippen molar-refractivity contribution in [2.75, 3.05) is 20.1 Å². The molecule has 0 aromatic heterocycles. The zero-order chi connectivity index (χ0) is 22.1. The van der Waals surface area contributed by atoms with Crippen LogP contribution in [-0.4, -0.2) is 48.9 Å². The zero-order valence-electron chi connectivity index (χ0n) is 17.5. The van der Waals surface area contributed by atoms with Gasteiger partial charge in [-0.3, -0.25) is 9.59 Å². The van der Waals surface area contributed by atoms with Crippen LogP contribution in [0.15, 0.2) is 18.2 Å². The Morgan fingerprint density at radius 1 is 1.13 bits per heavy atom. The van der Waals surface area contributed by atoms with Gasteiger partial charge in [0.25, 0.3) is 0 Å². The van der Waals surface area contributed by atoms with E-state index in [1.165, 1.54) is 4.90 Å². The first-order valence-corrected chi connectivity index (χ1v) is 10.3. The SMILES string of the molecule is CCCNC(=O)NC1CCCC(C(=O)NCc2cc(F)cc(F)c2)CC(=O)N(C)C1. The number of nitrogens with one attached hydrogen (secondary N) is 3. The van der Waals surface area contributed by atoms with E-state index in [9.17, 15) is 23.2 Å². The van der Waals surface area contributed by atoms with Crippen LogP contribution < -0.4 is 16.0 Å². The van der Waals surface area contributed by atoms with Gasteiger partial charge in [-0.25, -0.2) is 13.6 Å². The molecule has 1 heterocycles. The molecular formula is C21H30F2N4O3. The molecule has 0 saturated carbocycles. The number of halogens is 2. The molecule has 0 radical (unpaired) electrons. The minimum Gasteiger partial charge on any atom is -0.352 e. The van der Waals surface area contributed by atoms with Gasteiger partial charge in [0.05, 0.1) is 0 Å². The minimum absolute atomic E-state index is 0.0180. The third kappa shape index (κ3) is 7.61. The second-order valence-corrected chi connectivity index (χ2v) is 7.70. The van der Waals surface area contributed by atoms with Crippen LogP contribution in [0.3, 0.4) is 0 Å². The molecule has 9 heteroatoms. The molecule has 1 aromatic carbocycles. The van der Waals surface area contributed by atoms with Crippen molar-refractivity contribution in [3.05, 3.63) is 35.4 Å². The van der Waals surface area contributed by atoms with E-state index in [2.05, 4.69) is 16.0 Å². The first kappa shape index (κ1) is 23.6. The highest BCUT2D eigenvalue weighted by Crippen LogP contribution is 2.19. The quantitative estimate of drug-likeness (QED) is 0.655. The summed E-state index contributed by atoms with van der Waals surface area (Å²) in [6, 6.07) is 2.62. The molecule has 2 rings (SSSR count). The molecule has 0 bridgehead atoms. The van der Waals surface area contributed by atoms with E-state index in [1.54, 1.807) is 7.05 Å². The summed E-state index contributed by atoms with van der Waals surface area (Å²) in [7, 11) is 1.65. The highest BCUT2D eigenvalue weighted by molar-refractivity contribution is 5.85. The lowest BCUT2D eigenvalue weighted by atomic mass is 9.96. The lowest BCUT2D eigenvalue weighted by Gasteiger charge is -2.24. The maximum atomic E-state index is 13.3. The van der Waals surface area contributed by atoms with Crippen LogP contribution in [-0.2, 0) is 16.1 Å². The number of benzene rings is 1. The molecule has 3 N–H and O–H groups in total. The van der Waals surface area contributed by atoms with Crippen molar-refractivity contribution in [2.45, 2.75) is 51.6 Å². The van der Waals surface area contributed by atoms with Crippen LogP contribution in [0.5, 0.6) is 0 Å². The maximum absolute atomic E-state index is 13.3. The van der Waals surface area contributed by atoms with Crippen LogP contribution in [0.4, 0.5) is 13.6 Å². The van der Waals surface area contributed by atoms with E-state index >= 15 is 0 Å². The maximum Gasteiger partial charge on any atom is 0.315 e. The van der Waals surface area contributed by atoms with Gasteiger partial charge in [0.15, 0.2) is 0 Å². The number of urea groups is 1. The number of nitrogens with zero attached hydrogens (tertiary/aromatic N) is 1. The number of hydrogen-bond acceptors (Lipinski definition) is 3. The Labute approximate surface area is 175 Å². The fourth-order valence-corrected chi connectivity index (χ4v) is 3.47. The molecule has 1 aliphatic rings. The number of rotatable bonds is 6. The predicted molar refractivity (Wildman–Crippen MR) is 108 cm³/mol. The van der Waals surface area contributed by atoms with E-state index in [0.717, 1.165) is 24.6 Å². The summed E-state index contributed by atoms with van der Waals surface area (Å²) in [5.41, 5.74) is 0.315. The summed E-state index contributed by atoms with van der Waals surface area (Å²) in [5, 5.41) is 8.31. The standard InChI is InChI=1S/C21H30F2N4O3/c1-3-7-24-21(30)26-18-6-4-5-15(10-19(28)27(2)13-18)20(29)25-12-14-8-16(22)11-17(23)9-14/h8-9,11,15,18H,3-7,10,12-13H2,1-2H3,(H,25,29)(H2,24,26,30). The molecule has 0 spiro atoms. The Hall–Kier alpha value is -2.71. The summed E-state index contributed by atoms with van der Waals surface area (Å²) in [6.07, 6.45) is 2.66. The molecule has 4 amide bonds. The zero-order valence-corrected chi connectivity index (χ0v) is 17.5. The highest BCUT2D eigenvalue weighted by atomic mass is 19.1. The summed E-state index contributed by atoms with van der Waals surface area (Å²) in [6.45, 7) is 2.89. The Morgan fingerprint density at radius 2 is 1.83 bits per heavy atom. The molecule has 2 atom stereocenters. The molecule has 1 saturated heterocycles. The molecule has 2 unspecified atom stereocenters. The molecule has 1 aliphatic heterocycles. The van der Waals surface area contributed by atoms with Crippen molar-refractivity contribution >= 4 is 17.8 Å². The Balaban J connectivity index is 1.94. The van der Waals surface area contributed by atoms with Gasteiger partial charge in [0, 0.05) is 51.1 Å². The predicted octanol–water partition coefficient (Wildman–Crippen LogP) is 2.31. The number of amides is 4. The molecule has 7 nitrogen and oxygen atoms in total. The third-order valence-electron chi connectivity index (χ3n) is 5.08. The fourth-order valence-electron chi connectivity index (χ4n) is 3.47. The Kier molecular flexibility index (Phi) is 9.01. The van der Waals surface area contributed by atoms with Gasteiger partial charge in [0.1, 0.15) is 11.6 Å². The molecular weight excluding hydrogens is 394 g/mol. The van der Waals surface area contributed by atoms with Crippen molar-refractivity contribution in [3.63, 3.8) is 0 Å². The smallest absolute Gasteiger partial charge is 0.315 e. The first-order valence-electron chi connectivity index (χ1n) is 10.3. The largest absolute Gasteiger partial charge is 0.352 e. The summed E-state index contributed by atoms with van der Waals surface area (Å²) in [4.78, 5) is 38.6. The van der Waals surface area contributed by atoms with Gasteiger partial charge in [-0.05, 0) is 37.0 Å². The number of carbonyl (C=O) groups excluding carboxylic acids is 3. The fraction of sp³-hybridized carbons (Fsp3) is 0.571. The van der Waals surface area contributed by atoms with Gasteiger partial charge < -0.3 is 20.9 Å². The first-order chi connectivity index (χ1) is 14.3. The Bertz CT molecular complexity index is 740. The van der Waals surface area contributed by atoms with Crippen molar-refractivity contribution < 1.29 is 23.2 Å². The molecule has 1 fully saturated rings. The van der Waals surface area contributed by atoms with Gasteiger partial charge in [-0.2, -0.15) is 0 Å². The normalized spacial score (nSPS) is 20.0.